The van der Waals surface area contributed by atoms with Crippen LogP contribution < -0.4 is 5.73 Å². The van der Waals surface area contributed by atoms with Crippen molar-refractivity contribution in [1.29, 1.82) is 0 Å². The minimum absolute atomic E-state index is 0. The predicted molar refractivity (Wildman–Crippen MR) is 115 cm³/mol. The second kappa shape index (κ2) is 10.6. The van der Waals surface area contributed by atoms with E-state index in [1.165, 1.54) is 0 Å². The molecule has 3 N–H and O–H groups in total. The average Bonchev–Trinajstić information content (AvgIpc) is 3.17. The highest BCUT2D eigenvalue weighted by Gasteiger charge is 2.18. The summed E-state index contributed by atoms with van der Waals surface area (Å²) in [6, 6.07) is 21.5. The number of nitrogens with zero attached hydrogens (tertiary/aromatic N) is 2. The molecule has 148 valence electrons. The number of carbonyl (C=O) groups excluding carboxylic acids is 1. The maximum atomic E-state index is 12.5. The molecule has 0 aliphatic rings. The van der Waals surface area contributed by atoms with Crippen molar-refractivity contribution in [1.82, 2.24) is 15.1 Å². The van der Waals surface area contributed by atoms with E-state index in [9.17, 15) is 4.79 Å². The fourth-order valence-electron chi connectivity index (χ4n) is 3.10. The van der Waals surface area contributed by atoms with Crippen molar-refractivity contribution in [3.8, 4) is 11.3 Å². The molecule has 1 heterocycles. The number of amides is 1. The quantitative estimate of drug-likeness (QED) is 0.610. The van der Waals surface area contributed by atoms with Crippen molar-refractivity contribution >= 4 is 18.3 Å². The number of nitrogens with two attached hydrogens (primary N) is 1. The predicted octanol–water partition coefficient (Wildman–Crippen LogP) is 3.46. The lowest BCUT2D eigenvalue weighted by Crippen LogP contribution is -2.43. The minimum atomic E-state index is -0.505. The summed E-state index contributed by atoms with van der Waals surface area (Å²) in [7, 11) is 1.82. The van der Waals surface area contributed by atoms with Crippen LogP contribution in [0, 0.1) is 0 Å². The van der Waals surface area contributed by atoms with Gasteiger partial charge in [-0.15, -0.1) is 12.4 Å². The van der Waals surface area contributed by atoms with Gasteiger partial charge in [0.05, 0.1) is 11.7 Å². The number of aromatic amines is 1. The fourth-order valence-corrected chi connectivity index (χ4v) is 3.10. The lowest BCUT2D eigenvalue weighted by atomic mass is 10.1. The van der Waals surface area contributed by atoms with Gasteiger partial charge in [0.25, 0.3) is 0 Å². The first kappa shape index (κ1) is 21.7. The van der Waals surface area contributed by atoms with Crippen LogP contribution in [0.2, 0.25) is 0 Å². The minimum Gasteiger partial charge on any atom is -0.344 e. The van der Waals surface area contributed by atoms with Crippen molar-refractivity contribution in [2.75, 3.05) is 13.6 Å². The summed E-state index contributed by atoms with van der Waals surface area (Å²) in [5.41, 5.74) is 10.3. The lowest BCUT2D eigenvalue weighted by Gasteiger charge is -2.21. The van der Waals surface area contributed by atoms with Crippen LogP contribution in [0.15, 0.2) is 66.7 Å². The molecular weight excluding hydrogens is 372 g/mol. The molecule has 3 rings (SSSR count). The van der Waals surface area contributed by atoms with Gasteiger partial charge in [-0.1, -0.05) is 60.7 Å². The van der Waals surface area contributed by atoms with Crippen molar-refractivity contribution < 1.29 is 4.79 Å². The second-order valence-corrected chi connectivity index (χ2v) is 6.80. The molecule has 0 fully saturated rings. The summed E-state index contributed by atoms with van der Waals surface area (Å²) in [5, 5.41) is 7.45. The molecule has 1 amide bonds. The van der Waals surface area contributed by atoms with Gasteiger partial charge < -0.3 is 10.6 Å². The monoisotopic (exact) mass is 398 g/mol. The Morgan fingerprint density at radius 3 is 2.43 bits per heavy atom. The summed E-state index contributed by atoms with van der Waals surface area (Å²) in [6.45, 7) is 0.668. The van der Waals surface area contributed by atoms with Crippen LogP contribution in [0.4, 0.5) is 0 Å². The molecule has 5 nitrogen and oxygen atoms in total. The SMILES string of the molecule is CN(CCCc1cc(-c2ccccc2)n[nH]1)C(=O)C(N)Cc1ccccc1.Cl. The van der Waals surface area contributed by atoms with Gasteiger partial charge in [-0.25, -0.2) is 0 Å². The first-order valence-electron chi connectivity index (χ1n) is 9.27. The molecule has 0 spiro atoms. The Hall–Kier alpha value is -2.63. The fraction of sp³-hybridized carbons (Fsp3) is 0.273. The lowest BCUT2D eigenvalue weighted by molar-refractivity contribution is -0.131. The third-order valence-electron chi connectivity index (χ3n) is 4.63. The molecular formula is C22H27ClN4O. The van der Waals surface area contributed by atoms with Crippen LogP contribution in [0.3, 0.4) is 0 Å². The van der Waals surface area contributed by atoms with Crippen LogP contribution in [-0.4, -0.2) is 40.6 Å². The molecule has 0 bridgehead atoms. The van der Waals surface area contributed by atoms with Crippen LogP contribution in [0.5, 0.6) is 0 Å². The van der Waals surface area contributed by atoms with E-state index >= 15 is 0 Å². The number of aryl methyl sites for hydroxylation is 1. The molecule has 0 saturated heterocycles. The number of H-pyrrole nitrogens is 1. The molecule has 2 aromatic carbocycles. The standard InChI is InChI=1S/C22H26N4O.ClH/c1-26(22(27)20(23)15-17-9-4-2-5-10-17)14-8-13-19-16-21(25-24-19)18-11-6-3-7-12-18;/h2-7,9-12,16,20H,8,13-15,23H2,1H3,(H,24,25);1H. The third-order valence-corrected chi connectivity index (χ3v) is 4.63. The highest BCUT2D eigenvalue weighted by Crippen LogP contribution is 2.17. The van der Waals surface area contributed by atoms with E-state index in [0.717, 1.165) is 35.4 Å². The highest BCUT2D eigenvalue weighted by atomic mass is 35.5. The Bertz CT molecular complexity index is 851. The molecule has 3 aromatic rings. The molecule has 28 heavy (non-hydrogen) atoms. The first-order chi connectivity index (χ1) is 13.1. The topological polar surface area (TPSA) is 75.0 Å². The van der Waals surface area contributed by atoms with E-state index in [-0.39, 0.29) is 18.3 Å². The molecule has 1 aromatic heterocycles. The Labute approximate surface area is 172 Å². The van der Waals surface area contributed by atoms with E-state index < -0.39 is 6.04 Å². The van der Waals surface area contributed by atoms with Crippen molar-refractivity contribution in [2.45, 2.75) is 25.3 Å². The van der Waals surface area contributed by atoms with Crippen molar-refractivity contribution in [3.05, 3.63) is 78.0 Å². The van der Waals surface area contributed by atoms with Gasteiger partial charge in [0.1, 0.15) is 0 Å². The van der Waals surface area contributed by atoms with Gasteiger partial charge in [0.2, 0.25) is 5.91 Å². The Balaban J connectivity index is 0.00000280. The summed E-state index contributed by atoms with van der Waals surface area (Å²) in [5.74, 6) is -0.0200. The van der Waals surface area contributed by atoms with Crippen LogP contribution in [-0.2, 0) is 17.6 Å². The second-order valence-electron chi connectivity index (χ2n) is 6.80. The van der Waals surface area contributed by atoms with Gasteiger partial charge in [-0.05, 0) is 30.9 Å². The number of likely N-dealkylation sites (N-methyl/N-ethyl adjacent to an activating group) is 1. The van der Waals surface area contributed by atoms with Crippen molar-refractivity contribution in [3.63, 3.8) is 0 Å². The van der Waals surface area contributed by atoms with Gasteiger partial charge >= 0.3 is 0 Å². The first-order valence-corrected chi connectivity index (χ1v) is 9.27. The van der Waals surface area contributed by atoms with Crippen LogP contribution >= 0.6 is 12.4 Å². The van der Waals surface area contributed by atoms with Gasteiger partial charge in [-0.3, -0.25) is 9.89 Å². The van der Waals surface area contributed by atoms with E-state index in [4.69, 9.17) is 5.73 Å². The average molecular weight is 399 g/mol. The number of hydrogen-bond donors (Lipinski definition) is 2. The van der Waals surface area contributed by atoms with E-state index in [0.29, 0.717) is 13.0 Å². The molecule has 1 atom stereocenters. The molecule has 0 saturated carbocycles. The molecule has 0 aliphatic carbocycles. The smallest absolute Gasteiger partial charge is 0.239 e. The number of rotatable bonds is 8. The highest BCUT2D eigenvalue weighted by molar-refractivity contribution is 5.85. The number of halogens is 1. The maximum absolute atomic E-state index is 12.5. The number of benzene rings is 2. The number of hydrogen-bond acceptors (Lipinski definition) is 3. The number of nitrogens with one attached hydrogen (secondary N) is 1. The largest absolute Gasteiger partial charge is 0.344 e. The zero-order valence-electron chi connectivity index (χ0n) is 16.0. The van der Waals surface area contributed by atoms with Gasteiger partial charge in [-0.2, -0.15) is 5.10 Å². The molecule has 6 heteroatoms. The van der Waals surface area contributed by atoms with Gasteiger partial charge in [0.15, 0.2) is 0 Å². The van der Waals surface area contributed by atoms with Crippen LogP contribution in [0.1, 0.15) is 17.7 Å². The number of carbonyl (C=O) groups is 1. The summed E-state index contributed by atoms with van der Waals surface area (Å²) in [6.07, 6.45) is 2.26. The third kappa shape index (κ3) is 5.94. The summed E-state index contributed by atoms with van der Waals surface area (Å²) >= 11 is 0. The van der Waals surface area contributed by atoms with Gasteiger partial charge in [0, 0.05) is 24.8 Å². The van der Waals surface area contributed by atoms with Crippen molar-refractivity contribution in [2.24, 2.45) is 5.73 Å². The zero-order valence-corrected chi connectivity index (χ0v) is 16.9. The molecule has 1 unspecified atom stereocenters. The molecule has 0 radical (unpaired) electrons. The Morgan fingerprint density at radius 2 is 1.75 bits per heavy atom. The van der Waals surface area contributed by atoms with E-state index in [2.05, 4.69) is 16.3 Å². The normalized spacial score (nSPS) is 11.5. The molecule has 0 aliphatic heterocycles. The summed E-state index contributed by atoms with van der Waals surface area (Å²) < 4.78 is 0. The zero-order chi connectivity index (χ0) is 19.1. The number of aromatic nitrogens is 2. The van der Waals surface area contributed by atoms with Crippen LogP contribution in [0.25, 0.3) is 11.3 Å². The van der Waals surface area contributed by atoms with E-state index in [1.54, 1.807) is 4.90 Å². The summed E-state index contributed by atoms with van der Waals surface area (Å²) in [4.78, 5) is 14.2. The Morgan fingerprint density at radius 1 is 1.11 bits per heavy atom. The van der Waals surface area contributed by atoms with E-state index in [1.807, 2.05) is 67.7 Å². The Kier molecular flexibility index (Phi) is 8.23. The maximum Gasteiger partial charge on any atom is 0.239 e.